The van der Waals surface area contributed by atoms with E-state index in [1.165, 1.54) is 0 Å². The van der Waals surface area contributed by atoms with Gasteiger partial charge in [0, 0.05) is 10.4 Å². The highest BCUT2D eigenvalue weighted by atomic mass is 35.5. The second-order valence-corrected chi connectivity index (χ2v) is 9.68. The third-order valence-corrected chi connectivity index (χ3v) is 7.40. The SMILES string of the molecule is CC(CC#N)(Oc1ccc(Cl)cc1)C(N)=NC1C2CC3CC1CC(C(N)=O)(C3)C2. The monoisotopic (exact) mass is 414 g/mol. The second-order valence-electron chi connectivity index (χ2n) is 9.24. The Hall–Kier alpha value is -2.26. The summed E-state index contributed by atoms with van der Waals surface area (Å²) in [5, 5.41) is 9.97. The van der Waals surface area contributed by atoms with Crippen LogP contribution in [0.2, 0.25) is 5.02 Å². The molecule has 4 aliphatic rings. The van der Waals surface area contributed by atoms with E-state index >= 15 is 0 Å². The number of amidine groups is 1. The zero-order chi connectivity index (χ0) is 20.8. The Bertz CT molecular complexity index is 862. The molecule has 29 heavy (non-hydrogen) atoms. The van der Waals surface area contributed by atoms with E-state index in [9.17, 15) is 10.1 Å². The summed E-state index contributed by atoms with van der Waals surface area (Å²) in [4.78, 5) is 17.1. The van der Waals surface area contributed by atoms with Gasteiger partial charge in [0.25, 0.3) is 0 Å². The van der Waals surface area contributed by atoms with E-state index in [1.54, 1.807) is 31.2 Å². The maximum atomic E-state index is 12.1. The molecule has 0 aromatic heterocycles. The van der Waals surface area contributed by atoms with Crippen molar-refractivity contribution in [2.45, 2.75) is 57.1 Å². The van der Waals surface area contributed by atoms with Crippen molar-refractivity contribution in [1.82, 2.24) is 0 Å². The molecule has 1 aromatic carbocycles. The number of amides is 1. The van der Waals surface area contributed by atoms with Gasteiger partial charge in [-0.3, -0.25) is 9.79 Å². The highest BCUT2D eigenvalue weighted by molar-refractivity contribution is 6.30. The zero-order valence-corrected chi connectivity index (χ0v) is 17.4. The van der Waals surface area contributed by atoms with Crippen LogP contribution in [0.5, 0.6) is 5.75 Å². The number of rotatable bonds is 6. The van der Waals surface area contributed by atoms with Crippen molar-refractivity contribution in [2.24, 2.45) is 39.6 Å². The van der Waals surface area contributed by atoms with Gasteiger partial charge in [-0.2, -0.15) is 5.26 Å². The summed E-state index contributed by atoms with van der Waals surface area (Å²) in [7, 11) is 0. The lowest BCUT2D eigenvalue weighted by Gasteiger charge is -2.57. The Morgan fingerprint density at radius 2 is 1.90 bits per heavy atom. The zero-order valence-electron chi connectivity index (χ0n) is 16.6. The topological polar surface area (TPSA) is 114 Å². The summed E-state index contributed by atoms with van der Waals surface area (Å²) in [5.74, 6) is 1.95. The summed E-state index contributed by atoms with van der Waals surface area (Å²) < 4.78 is 6.10. The van der Waals surface area contributed by atoms with Gasteiger partial charge in [-0.1, -0.05) is 11.6 Å². The quantitative estimate of drug-likeness (QED) is 0.548. The Morgan fingerprint density at radius 1 is 1.28 bits per heavy atom. The molecule has 5 rings (SSSR count). The first-order chi connectivity index (χ1) is 13.7. The fraction of sp³-hybridized carbons (Fsp3) is 0.591. The molecule has 3 atom stereocenters. The molecule has 0 heterocycles. The molecule has 4 N–H and O–H groups in total. The maximum Gasteiger partial charge on any atom is 0.223 e. The number of nitriles is 1. The van der Waals surface area contributed by atoms with Gasteiger partial charge in [0.15, 0.2) is 5.60 Å². The molecule has 4 saturated carbocycles. The number of ether oxygens (including phenoxy) is 1. The minimum Gasteiger partial charge on any atom is -0.479 e. The van der Waals surface area contributed by atoms with Crippen LogP contribution in [0.15, 0.2) is 29.3 Å². The fourth-order valence-electron chi connectivity index (χ4n) is 5.90. The van der Waals surface area contributed by atoms with E-state index < -0.39 is 5.60 Å². The van der Waals surface area contributed by atoms with Gasteiger partial charge < -0.3 is 16.2 Å². The van der Waals surface area contributed by atoms with E-state index in [0.29, 0.717) is 34.4 Å². The van der Waals surface area contributed by atoms with Gasteiger partial charge in [0.2, 0.25) is 5.91 Å². The van der Waals surface area contributed by atoms with E-state index in [2.05, 4.69) is 6.07 Å². The summed E-state index contributed by atoms with van der Waals surface area (Å²) in [6.45, 7) is 1.80. The van der Waals surface area contributed by atoms with Crippen LogP contribution >= 0.6 is 11.6 Å². The number of carbonyl (C=O) groups is 1. The second kappa shape index (κ2) is 7.21. The number of nitrogens with two attached hydrogens (primary N) is 2. The van der Waals surface area contributed by atoms with Crippen LogP contribution < -0.4 is 16.2 Å². The molecule has 0 saturated heterocycles. The predicted molar refractivity (Wildman–Crippen MR) is 111 cm³/mol. The van der Waals surface area contributed by atoms with Crippen molar-refractivity contribution in [3.8, 4) is 11.8 Å². The van der Waals surface area contributed by atoms with Crippen LogP contribution in [0.3, 0.4) is 0 Å². The van der Waals surface area contributed by atoms with Crippen LogP contribution in [-0.4, -0.2) is 23.4 Å². The van der Waals surface area contributed by atoms with Gasteiger partial charge in [0.05, 0.1) is 18.5 Å². The molecule has 4 aliphatic carbocycles. The molecule has 6 nitrogen and oxygen atoms in total. The first kappa shape index (κ1) is 20.0. The molecule has 154 valence electrons. The number of halogens is 1. The minimum absolute atomic E-state index is 0.0610. The van der Waals surface area contributed by atoms with Crippen molar-refractivity contribution >= 4 is 23.3 Å². The smallest absolute Gasteiger partial charge is 0.223 e. The minimum atomic E-state index is -1.03. The molecule has 0 aliphatic heterocycles. The van der Waals surface area contributed by atoms with E-state index in [0.717, 1.165) is 32.1 Å². The average molecular weight is 415 g/mol. The molecule has 4 fully saturated rings. The first-order valence-electron chi connectivity index (χ1n) is 10.2. The standard InChI is InChI=1S/C22H27ClN4O2/c1-21(6-7-24,29-17-4-2-16(23)3-5-17)19(25)27-18-14-8-13-9-15(18)12-22(10-13,11-14)20(26)28/h2-5,13-15,18H,6,8-12H2,1H3,(H2,25,27)(H2,26,28). The van der Waals surface area contributed by atoms with Crippen LogP contribution in [0.4, 0.5) is 0 Å². The summed E-state index contributed by atoms with van der Waals surface area (Å²) in [6.07, 6.45) is 4.74. The van der Waals surface area contributed by atoms with Crippen molar-refractivity contribution in [3.05, 3.63) is 29.3 Å². The van der Waals surface area contributed by atoms with E-state index in [-0.39, 0.29) is 23.8 Å². The molecule has 0 radical (unpaired) electrons. The molecule has 1 amide bonds. The highest BCUT2D eigenvalue weighted by Crippen LogP contribution is 2.60. The fourth-order valence-corrected chi connectivity index (χ4v) is 6.03. The lowest BCUT2D eigenvalue weighted by Crippen LogP contribution is -2.58. The third-order valence-electron chi connectivity index (χ3n) is 7.15. The molecule has 3 unspecified atom stereocenters. The number of carbonyl (C=O) groups excluding carboxylic acids is 1. The molecule has 0 spiro atoms. The molecule has 7 heteroatoms. The Balaban J connectivity index is 1.58. The number of aliphatic imine (C=N–C) groups is 1. The number of primary amides is 1. The Labute approximate surface area is 176 Å². The van der Waals surface area contributed by atoms with Crippen LogP contribution in [0.1, 0.15) is 45.4 Å². The van der Waals surface area contributed by atoms with Gasteiger partial charge in [-0.25, -0.2) is 0 Å². The normalized spacial score (nSPS) is 35.0. The highest BCUT2D eigenvalue weighted by Gasteiger charge is 2.58. The van der Waals surface area contributed by atoms with Crippen molar-refractivity contribution < 1.29 is 9.53 Å². The van der Waals surface area contributed by atoms with Crippen LogP contribution in [-0.2, 0) is 4.79 Å². The van der Waals surface area contributed by atoms with Crippen LogP contribution in [0.25, 0.3) is 0 Å². The number of hydrogen-bond donors (Lipinski definition) is 2. The lowest BCUT2D eigenvalue weighted by atomic mass is 9.48. The van der Waals surface area contributed by atoms with Crippen molar-refractivity contribution in [3.63, 3.8) is 0 Å². The summed E-state index contributed by atoms with van der Waals surface area (Å²) in [6, 6.07) is 9.21. The Kier molecular flexibility index (Phi) is 4.98. The van der Waals surface area contributed by atoms with Gasteiger partial charge in [0.1, 0.15) is 11.6 Å². The van der Waals surface area contributed by atoms with E-state index in [1.807, 2.05) is 0 Å². The Morgan fingerprint density at radius 3 is 2.45 bits per heavy atom. The lowest BCUT2D eigenvalue weighted by molar-refractivity contribution is -0.144. The van der Waals surface area contributed by atoms with Gasteiger partial charge >= 0.3 is 0 Å². The van der Waals surface area contributed by atoms with Gasteiger partial charge in [-0.15, -0.1) is 0 Å². The van der Waals surface area contributed by atoms with Gasteiger partial charge in [-0.05, 0) is 81.0 Å². The number of hydrogen-bond acceptors (Lipinski definition) is 4. The largest absolute Gasteiger partial charge is 0.479 e. The molecular weight excluding hydrogens is 388 g/mol. The van der Waals surface area contributed by atoms with Crippen LogP contribution in [0, 0.1) is 34.5 Å². The third kappa shape index (κ3) is 3.57. The maximum absolute atomic E-state index is 12.1. The van der Waals surface area contributed by atoms with Crippen molar-refractivity contribution in [2.75, 3.05) is 0 Å². The van der Waals surface area contributed by atoms with Crippen molar-refractivity contribution in [1.29, 1.82) is 5.26 Å². The first-order valence-corrected chi connectivity index (χ1v) is 10.6. The number of benzene rings is 1. The average Bonchev–Trinajstić information content (AvgIpc) is 2.66. The number of nitrogens with zero attached hydrogens (tertiary/aromatic N) is 2. The summed E-state index contributed by atoms with van der Waals surface area (Å²) in [5.41, 5.74) is 10.8. The summed E-state index contributed by atoms with van der Waals surface area (Å²) >= 11 is 5.95. The molecule has 4 bridgehead atoms. The molecule has 1 aromatic rings. The van der Waals surface area contributed by atoms with E-state index in [4.69, 9.17) is 32.8 Å². The predicted octanol–water partition coefficient (Wildman–Crippen LogP) is 3.43. The molecular formula is C22H27ClN4O2.